The SMILES string of the molecule is CSc1nnc2c(n1)OC(c1cc(Br)c(O)cc1O)Nc1ccccc1-2. The molecule has 2 heterocycles. The van der Waals surface area contributed by atoms with E-state index < -0.39 is 6.23 Å². The minimum absolute atomic E-state index is 0.0608. The maximum Gasteiger partial charge on any atom is 0.247 e. The molecule has 0 radical (unpaired) electrons. The molecule has 26 heavy (non-hydrogen) atoms. The number of phenols is 2. The van der Waals surface area contributed by atoms with Gasteiger partial charge in [-0.1, -0.05) is 30.0 Å². The Bertz CT molecular complexity index is 1000. The number of aromatic nitrogens is 3. The average molecular weight is 433 g/mol. The lowest BCUT2D eigenvalue weighted by Crippen LogP contribution is -2.17. The molecule has 1 aliphatic heterocycles. The third-order valence-electron chi connectivity index (χ3n) is 3.89. The van der Waals surface area contributed by atoms with Gasteiger partial charge in [-0.05, 0) is 34.3 Å². The molecule has 0 saturated heterocycles. The molecule has 0 aliphatic carbocycles. The van der Waals surface area contributed by atoms with E-state index in [0.29, 0.717) is 26.8 Å². The molecular formula is C17H13BrN4O3S. The largest absolute Gasteiger partial charge is 0.507 e. The van der Waals surface area contributed by atoms with Crippen molar-refractivity contribution in [3.8, 4) is 28.6 Å². The Hall–Kier alpha value is -2.52. The fourth-order valence-corrected chi connectivity index (χ4v) is 3.31. The predicted molar refractivity (Wildman–Crippen MR) is 102 cm³/mol. The summed E-state index contributed by atoms with van der Waals surface area (Å²) in [4.78, 5) is 4.42. The third-order valence-corrected chi connectivity index (χ3v) is 5.07. The van der Waals surface area contributed by atoms with Crippen LogP contribution in [-0.2, 0) is 0 Å². The van der Waals surface area contributed by atoms with Crippen LogP contribution >= 0.6 is 27.7 Å². The van der Waals surface area contributed by atoms with Crippen LogP contribution in [0.1, 0.15) is 11.8 Å². The highest BCUT2D eigenvalue weighted by molar-refractivity contribution is 9.10. The van der Waals surface area contributed by atoms with Crippen LogP contribution in [0.4, 0.5) is 5.69 Å². The molecule has 2 aromatic carbocycles. The van der Waals surface area contributed by atoms with Crippen molar-refractivity contribution in [2.75, 3.05) is 11.6 Å². The first-order valence-corrected chi connectivity index (χ1v) is 9.61. The highest BCUT2D eigenvalue weighted by Gasteiger charge is 2.28. The molecule has 0 spiro atoms. The van der Waals surface area contributed by atoms with Crippen LogP contribution in [0.5, 0.6) is 17.4 Å². The first-order chi connectivity index (χ1) is 12.6. The summed E-state index contributed by atoms with van der Waals surface area (Å²) in [6.45, 7) is 0. The van der Waals surface area contributed by atoms with E-state index in [4.69, 9.17) is 4.74 Å². The predicted octanol–water partition coefficient (Wildman–Crippen LogP) is 3.94. The van der Waals surface area contributed by atoms with Crippen LogP contribution < -0.4 is 10.1 Å². The van der Waals surface area contributed by atoms with Gasteiger partial charge in [0.2, 0.25) is 17.3 Å². The zero-order valence-electron chi connectivity index (χ0n) is 13.5. The summed E-state index contributed by atoms with van der Waals surface area (Å²) in [5.74, 6) is 0.154. The maximum atomic E-state index is 10.3. The number of halogens is 1. The number of nitrogens with one attached hydrogen (secondary N) is 1. The van der Waals surface area contributed by atoms with Crippen LogP contribution in [0.3, 0.4) is 0 Å². The molecule has 0 bridgehead atoms. The topological polar surface area (TPSA) is 100 Å². The average Bonchev–Trinajstić information content (AvgIpc) is 2.80. The summed E-state index contributed by atoms with van der Waals surface area (Å²) in [6.07, 6.45) is 1.12. The normalized spacial score (nSPS) is 15.2. The van der Waals surface area contributed by atoms with E-state index in [9.17, 15) is 10.2 Å². The standard InChI is InChI=1S/C17H13BrN4O3S/c1-26-17-20-16-14(21-22-17)8-4-2-3-5-11(8)19-15(25-16)9-6-10(18)13(24)7-12(9)23/h2-7,15,19,23-24H,1H3. The van der Waals surface area contributed by atoms with Gasteiger partial charge in [-0.25, -0.2) is 0 Å². The third kappa shape index (κ3) is 2.93. The Morgan fingerprint density at radius 1 is 1.15 bits per heavy atom. The first-order valence-electron chi connectivity index (χ1n) is 7.59. The molecule has 0 amide bonds. The van der Waals surface area contributed by atoms with E-state index in [1.165, 1.54) is 17.8 Å². The van der Waals surface area contributed by atoms with Gasteiger partial charge in [-0.3, -0.25) is 0 Å². The van der Waals surface area contributed by atoms with Crippen molar-refractivity contribution in [1.29, 1.82) is 0 Å². The van der Waals surface area contributed by atoms with E-state index in [1.807, 2.05) is 30.5 Å². The Morgan fingerprint density at radius 2 is 1.96 bits per heavy atom. The van der Waals surface area contributed by atoms with Crippen molar-refractivity contribution in [2.45, 2.75) is 11.4 Å². The maximum absolute atomic E-state index is 10.3. The summed E-state index contributed by atoms with van der Waals surface area (Å²) >= 11 is 4.63. The number of ether oxygens (including phenoxy) is 1. The van der Waals surface area contributed by atoms with Gasteiger partial charge in [-0.2, -0.15) is 4.98 Å². The van der Waals surface area contributed by atoms with Gasteiger partial charge in [0.05, 0.1) is 10.0 Å². The lowest BCUT2D eigenvalue weighted by molar-refractivity contribution is 0.220. The smallest absolute Gasteiger partial charge is 0.247 e. The highest BCUT2D eigenvalue weighted by Crippen LogP contribution is 2.42. The fourth-order valence-electron chi connectivity index (χ4n) is 2.65. The van der Waals surface area contributed by atoms with Gasteiger partial charge in [-0.15, -0.1) is 10.2 Å². The van der Waals surface area contributed by atoms with Crippen molar-refractivity contribution in [2.24, 2.45) is 0 Å². The lowest BCUT2D eigenvalue weighted by atomic mass is 10.1. The molecule has 0 fully saturated rings. The first kappa shape index (κ1) is 16.9. The summed E-state index contributed by atoms with van der Waals surface area (Å²) in [7, 11) is 0. The Labute approximate surface area is 161 Å². The molecule has 7 nitrogen and oxygen atoms in total. The fraction of sp³-hybridized carbons (Fsp3) is 0.118. The second kappa shape index (κ2) is 6.65. The number of benzene rings is 2. The van der Waals surface area contributed by atoms with Gasteiger partial charge in [0.1, 0.15) is 11.5 Å². The zero-order chi connectivity index (χ0) is 18.3. The molecule has 4 rings (SSSR count). The van der Waals surface area contributed by atoms with Crippen molar-refractivity contribution in [3.05, 3.63) is 46.4 Å². The van der Waals surface area contributed by atoms with Crippen molar-refractivity contribution < 1.29 is 14.9 Å². The van der Waals surface area contributed by atoms with Crippen LogP contribution in [0.15, 0.2) is 46.0 Å². The molecule has 3 N–H and O–H groups in total. The van der Waals surface area contributed by atoms with Crippen LogP contribution in [-0.4, -0.2) is 31.7 Å². The van der Waals surface area contributed by atoms with E-state index in [0.717, 1.165) is 11.3 Å². The quantitative estimate of drug-likeness (QED) is 0.523. The molecular weight excluding hydrogens is 420 g/mol. The van der Waals surface area contributed by atoms with E-state index in [2.05, 4.69) is 36.4 Å². The number of hydrogen-bond acceptors (Lipinski definition) is 8. The monoisotopic (exact) mass is 432 g/mol. The summed E-state index contributed by atoms with van der Waals surface area (Å²) < 4.78 is 6.49. The Kier molecular flexibility index (Phi) is 4.33. The van der Waals surface area contributed by atoms with Crippen molar-refractivity contribution in [1.82, 2.24) is 15.2 Å². The molecule has 1 aromatic heterocycles. The summed E-state index contributed by atoms with van der Waals surface area (Å²) in [5.41, 5.74) is 2.54. The van der Waals surface area contributed by atoms with Crippen LogP contribution in [0, 0.1) is 0 Å². The van der Waals surface area contributed by atoms with Crippen molar-refractivity contribution >= 4 is 33.4 Å². The molecule has 1 atom stereocenters. The van der Waals surface area contributed by atoms with E-state index in [-0.39, 0.29) is 11.5 Å². The van der Waals surface area contributed by atoms with E-state index >= 15 is 0 Å². The number of fused-ring (bicyclic) bond motifs is 3. The molecule has 0 saturated carbocycles. The highest BCUT2D eigenvalue weighted by atomic mass is 79.9. The summed E-state index contributed by atoms with van der Waals surface area (Å²) in [5, 5.41) is 32.2. The number of nitrogens with zero attached hydrogens (tertiary/aromatic N) is 3. The number of hydrogen-bond donors (Lipinski definition) is 3. The lowest BCUT2D eigenvalue weighted by Gasteiger charge is -2.20. The van der Waals surface area contributed by atoms with Gasteiger partial charge < -0.3 is 20.3 Å². The second-order valence-corrected chi connectivity index (χ2v) is 7.13. The zero-order valence-corrected chi connectivity index (χ0v) is 15.9. The van der Waals surface area contributed by atoms with Gasteiger partial charge in [0.15, 0.2) is 5.69 Å². The van der Waals surface area contributed by atoms with Gasteiger partial charge in [0, 0.05) is 17.3 Å². The number of aromatic hydroxyl groups is 2. The second-order valence-electron chi connectivity index (χ2n) is 5.50. The van der Waals surface area contributed by atoms with Gasteiger partial charge in [0.25, 0.3) is 0 Å². The van der Waals surface area contributed by atoms with Crippen molar-refractivity contribution in [3.63, 3.8) is 0 Å². The number of thioether (sulfide) groups is 1. The van der Waals surface area contributed by atoms with Gasteiger partial charge >= 0.3 is 0 Å². The van der Waals surface area contributed by atoms with Crippen LogP contribution in [0.2, 0.25) is 0 Å². The Balaban J connectivity index is 1.88. The summed E-state index contributed by atoms with van der Waals surface area (Å²) in [6, 6.07) is 10.4. The van der Waals surface area contributed by atoms with Crippen LogP contribution in [0.25, 0.3) is 11.3 Å². The number of phenolic OH excluding ortho intramolecular Hbond substituents is 2. The Morgan fingerprint density at radius 3 is 2.77 bits per heavy atom. The molecule has 3 aromatic rings. The van der Waals surface area contributed by atoms with E-state index in [1.54, 1.807) is 6.07 Å². The minimum Gasteiger partial charge on any atom is -0.507 e. The molecule has 1 aliphatic rings. The molecule has 9 heteroatoms. The number of anilines is 1. The minimum atomic E-state index is -0.735. The molecule has 132 valence electrons. The number of rotatable bonds is 2. The number of para-hydroxylation sites is 1. The molecule has 1 unspecified atom stereocenters.